The van der Waals surface area contributed by atoms with Crippen LogP contribution < -0.4 is 9.47 Å². The van der Waals surface area contributed by atoms with Crippen LogP contribution in [0, 0.1) is 0 Å². The smallest absolute Gasteiger partial charge is 0.219 e. The average Bonchev–Trinajstić information content (AvgIpc) is 3.03. The molecular weight excluding hydrogens is 420 g/mol. The van der Waals surface area contributed by atoms with E-state index >= 15 is 0 Å². The molecule has 0 radical (unpaired) electrons. The molecule has 11 heteroatoms. The lowest BCUT2D eigenvalue weighted by Gasteiger charge is -2.39. The van der Waals surface area contributed by atoms with Crippen LogP contribution >= 0.6 is 0 Å². The van der Waals surface area contributed by atoms with Crippen LogP contribution in [0.2, 0.25) is 0 Å². The molecule has 1 amide bonds. The normalized spacial score (nSPS) is 25.0. The van der Waals surface area contributed by atoms with E-state index in [1.54, 1.807) is 4.90 Å². The van der Waals surface area contributed by atoms with Gasteiger partial charge in [0.05, 0.1) is 35.9 Å². The number of hydrogen-bond acceptors (Lipinski definition) is 8. The second kappa shape index (κ2) is 8.11. The van der Waals surface area contributed by atoms with Crippen molar-refractivity contribution in [2.45, 2.75) is 23.1 Å². The van der Waals surface area contributed by atoms with Crippen LogP contribution in [0.3, 0.4) is 0 Å². The minimum Gasteiger partial charge on any atom is -0.493 e. The van der Waals surface area contributed by atoms with Gasteiger partial charge in [0, 0.05) is 45.2 Å². The summed E-state index contributed by atoms with van der Waals surface area (Å²) in [6.07, 6.45) is 0. The highest BCUT2D eigenvalue weighted by Gasteiger charge is 2.48. The molecule has 2 atom stereocenters. The molecule has 0 aliphatic carbocycles. The van der Waals surface area contributed by atoms with Crippen LogP contribution in [0.5, 0.6) is 11.5 Å². The molecular formula is C18H26N2O7S2. The van der Waals surface area contributed by atoms with Crippen LogP contribution in [-0.2, 0) is 24.5 Å². The Morgan fingerprint density at radius 3 is 2.21 bits per heavy atom. The Hall–Kier alpha value is -1.85. The third-order valence-corrected chi connectivity index (χ3v) is 9.70. The third-order valence-electron chi connectivity index (χ3n) is 5.58. The van der Waals surface area contributed by atoms with Gasteiger partial charge in [-0.3, -0.25) is 9.69 Å². The SMILES string of the molecule is COc1ccc(S(=O)(=O)[C@H]2CS(=O)(=O)C[C@@H]2N2CCN(C(C)=O)CC2)cc1OC. The van der Waals surface area contributed by atoms with Crippen LogP contribution in [0.15, 0.2) is 23.1 Å². The van der Waals surface area contributed by atoms with Crippen LogP contribution in [0.4, 0.5) is 0 Å². The molecule has 0 spiro atoms. The monoisotopic (exact) mass is 446 g/mol. The van der Waals surface area contributed by atoms with E-state index in [-0.39, 0.29) is 22.3 Å². The first-order valence-electron chi connectivity index (χ1n) is 9.25. The van der Waals surface area contributed by atoms with E-state index in [2.05, 4.69) is 0 Å². The first-order valence-corrected chi connectivity index (χ1v) is 12.6. The highest BCUT2D eigenvalue weighted by molar-refractivity contribution is 7.96. The fourth-order valence-corrected chi connectivity index (χ4v) is 8.81. The molecule has 0 unspecified atom stereocenters. The van der Waals surface area contributed by atoms with Gasteiger partial charge >= 0.3 is 0 Å². The largest absolute Gasteiger partial charge is 0.493 e. The quantitative estimate of drug-likeness (QED) is 0.612. The van der Waals surface area contributed by atoms with Crippen molar-refractivity contribution in [3.8, 4) is 11.5 Å². The Bertz CT molecular complexity index is 983. The van der Waals surface area contributed by atoms with Crippen molar-refractivity contribution >= 4 is 25.6 Å². The predicted molar refractivity (Wildman–Crippen MR) is 107 cm³/mol. The van der Waals surface area contributed by atoms with Crippen molar-refractivity contribution in [1.29, 1.82) is 0 Å². The first kappa shape index (κ1) is 21.8. The summed E-state index contributed by atoms with van der Waals surface area (Å²) >= 11 is 0. The van der Waals surface area contributed by atoms with Crippen molar-refractivity contribution in [3.05, 3.63) is 18.2 Å². The number of rotatable bonds is 5. The summed E-state index contributed by atoms with van der Waals surface area (Å²) in [4.78, 5) is 15.1. The molecule has 0 N–H and O–H groups in total. The Balaban J connectivity index is 1.91. The second-order valence-electron chi connectivity index (χ2n) is 7.29. The van der Waals surface area contributed by atoms with Crippen LogP contribution in [0.1, 0.15) is 6.92 Å². The molecule has 0 bridgehead atoms. The number of ether oxygens (including phenoxy) is 2. The Labute approximate surface area is 171 Å². The van der Waals surface area contributed by atoms with Gasteiger partial charge in [-0.1, -0.05) is 0 Å². The summed E-state index contributed by atoms with van der Waals surface area (Å²) in [5.41, 5.74) is 0. The molecule has 3 rings (SSSR count). The Kier molecular flexibility index (Phi) is 6.11. The van der Waals surface area contributed by atoms with E-state index < -0.39 is 36.7 Å². The van der Waals surface area contributed by atoms with Crippen LogP contribution in [-0.4, -0.2) is 95.7 Å². The fourth-order valence-electron chi connectivity index (χ4n) is 3.97. The van der Waals surface area contributed by atoms with Crippen molar-refractivity contribution in [2.75, 3.05) is 51.9 Å². The number of carbonyl (C=O) groups excluding carboxylic acids is 1. The molecule has 2 aliphatic rings. The summed E-state index contributed by atoms with van der Waals surface area (Å²) in [7, 11) is -4.57. The molecule has 2 saturated heterocycles. The summed E-state index contributed by atoms with van der Waals surface area (Å²) < 4.78 is 61.8. The average molecular weight is 447 g/mol. The first-order chi connectivity index (χ1) is 13.6. The number of carbonyl (C=O) groups is 1. The molecule has 2 heterocycles. The molecule has 1 aromatic rings. The van der Waals surface area contributed by atoms with Gasteiger partial charge in [-0.15, -0.1) is 0 Å². The van der Waals surface area contributed by atoms with E-state index in [1.807, 2.05) is 4.90 Å². The molecule has 2 aliphatic heterocycles. The number of piperazine rings is 1. The molecule has 2 fully saturated rings. The lowest BCUT2D eigenvalue weighted by atomic mass is 10.2. The summed E-state index contributed by atoms with van der Waals surface area (Å²) in [6, 6.07) is 3.62. The lowest BCUT2D eigenvalue weighted by Crippen LogP contribution is -2.55. The number of sulfone groups is 2. The van der Waals surface area contributed by atoms with E-state index in [4.69, 9.17) is 9.47 Å². The van der Waals surface area contributed by atoms with E-state index in [0.717, 1.165) is 0 Å². The molecule has 29 heavy (non-hydrogen) atoms. The number of amides is 1. The van der Waals surface area contributed by atoms with Crippen molar-refractivity contribution in [3.63, 3.8) is 0 Å². The van der Waals surface area contributed by atoms with Gasteiger partial charge in [0.1, 0.15) is 0 Å². The molecule has 0 aromatic heterocycles. The Morgan fingerprint density at radius 2 is 1.66 bits per heavy atom. The minimum absolute atomic E-state index is 0.00428. The molecule has 1 aromatic carbocycles. The predicted octanol–water partition coefficient (Wildman–Crippen LogP) is -0.193. The minimum atomic E-state index is -3.93. The maximum atomic E-state index is 13.4. The van der Waals surface area contributed by atoms with E-state index in [0.29, 0.717) is 31.9 Å². The number of methoxy groups -OCH3 is 2. The van der Waals surface area contributed by atoms with Crippen molar-refractivity contribution in [2.24, 2.45) is 0 Å². The number of benzene rings is 1. The maximum absolute atomic E-state index is 13.4. The zero-order valence-electron chi connectivity index (χ0n) is 16.7. The lowest BCUT2D eigenvalue weighted by molar-refractivity contribution is -0.130. The van der Waals surface area contributed by atoms with Crippen LogP contribution in [0.25, 0.3) is 0 Å². The topological polar surface area (TPSA) is 110 Å². The maximum Gasteiger partial charge on any atom is 0.219 e. The van der Waals surface area contributed by atoms with Gasteiger partial charge in [-0.2, -0.15) is 0 Å². The van der Waals surface area contributed by atoms with E-state index in [9.17, 15) is 21.6 Å². The third kappa shape index (κ3) is 4.36. The summed E-state index contributed by atoms with van der Waals surface area (Å²) in [6.45, 7) is 3.28. The summed E-state index contributed by atoms with van der Waals surface area (Å²) in [5.74, 6) is -0.00689. The van der Waals surface area contributed by atoms with Crippen molar-refractivity contribution < 1.29 is 31.1 Å². The molecule has 0 saturated carbocycles. The second-order valence-corrected chi connectivity index (χ2v) is 11.6. The van der Waals surface area contributed by atoms with E-state index in [1.165, 1.54) is 39.3 Å². The Morgan fingerprint density at radius 1 is 1.03 bits per heavy atom. The zero-order valence-corrected chi connectivity index (χ0v) is 18.3. The summed E-state index contributed by atoms with van der Waals surface area (Å²) in [5, 5.41) is -1.07. The van der Waals surface area contributed by atoms with Gasteiger partial charge in [0.25, 0.3) is 0 Å². The molecule has 162 valence electrons. The number of hydrogen-bond donors (Lipinski definition) is 0. The van der Waals surface area contributed by atoms with Crippen molar-refractivity contribution in [1.82, 2.24) is 9.80 Å². The zero-order chi connectivity index (χ0) is 21.4. The highest BCUT2D eigenvalue weighted by atomic mass is 32.2. The fraction of sp³-hybridized carbons (Fsp3) is 0.611. The highest BCUT2D eigenvalue weighted by Crippen LogP contribution is 2.34. The van der Waals surface area contributed by atoms with Gasteiger partial charge in [-0.25, -0.2) is 16.8 Å². The van der Waals surface area contributed by atoms with Gasteiger partial charge < -0.3 is 14.4 Å². The van der Waals surface area contributed by atoms with Gasteiger partial charge in [0.2, 0.25) is 5.91 Å². The standard InChI is InChI=1S/C18H26N2O7S2/c1-13(21)19-6-8-20(9-7-19)15-11-28(22,23)12-18(15)29(24,25)14-4-5-16(26-2)17(10-14)27-3/h4-5,10,15,18H,6-9,11-12H2,1-3H3/t15-,18-/m0/s1. The molecule has 9 nitrogen and oxygen atoms in total. The number of nitrogens with zero attached hydrogens (tertiary/aromatic N) is 2. The van der Waals surface area contributed by atoms with Gasteiger partial charge in [-0.05, 0) is 12.1 Å². The van der Waals surface area contributed by atoms with Gasteiger partial charge in [0.15, 0.2) is 31.2 Å².